The first-order valence-electron chi connectivity index (χ1n) is 8.82. The van der Waals surface area contributed by atoms with E-state index in [9.17, 15) is 9.59 Å². The third-order valence-corrected chi connectivity index (χ3v) is 4.60. The SMILES string of the molecule is CC(C(=O)NCc1cccnc1-n1ccnc1)c1n[nH]c(=O)c2ccccc12. The van der Waals surface area contributed by atoms with Crippen LogP contribution in [0, 0.1) is 0 Å². The first-order chi connectivity index (χ1) is 13.6. The van der Waals surface area contributed by atoms with Crippen molar-refractivity contribution >= 4 is 16.7 Å². The van der Waals surface area contributed by atoms with Crippen molar-refractivity contribution in [2.75, 3.05) is 0 Å². The second-order valence-electron chi connectivity index (χ2n) is 6.38. The fourth-order valence-corrected chi connectivity index (χ4v) is 3.11. The van der Waals surface area contributed by atoms with Crippen LogP contribution in [0.1, 0.15) is 24.1 Å². The highest BCUT2D eigenvalue weighted by atomic mass is 16.2. The van der Waals surface area contributed by atoms with Gasteiger partial charge in [0.1, 0.15) is 12.1 Å². The van der Waals surface area contributed by atoms with E-state index in [1.165, 1.54) is 0 Å². The Morgan fingerprint density at radius 2 is 2.00 bits per heavy atom. The summed E-state index contributed by atoms with van der Waals surface area (Å²) < 4.78 is 1.79. The third kappa shape index (κ3) is 3.27. The molecule has 3 aromatic heterocycles. The molecule has 0 saturated heterocycles. The Kier molecular flexibility index (Phi) is 4.67. The molecule has 0 aliphatic heterocycles. The van der Waals surface area contributed by atoms with Crippen molar-refractivity contribution < 1.29 is 4.79 Å². The second kappa shape index (κ2) is 7.43. The summed E-state index contributed by atoms with van der Waals surface area (Å²) in [5.74, 6) is -0.0131. The van der Waals surface area contributed by atoms with Gasteiger partial charge in [0.25, 0.3) is 5.56 Å². The van der Waals surface area contributed by atoms with Crippen LogP contribution < -0.4 is 10.9 Å². The molecule has 0 fully saturated rings. The second-order valence-corrected chi connectivity index (χ2v) is 6.38. The molecule has 1 unspecified atom stereocenters. The molecule has 8 heteroatoms. The number of amides is 1. The lowest BCUT2D eigenvalue weighted by molar-refractivity contribution is -0.122. The Morgan fingerprint density at radius 1 is 1.18 bits per heavy atom. The number of fused-ring (bicyclic) bond motifs is 1. The minimum atomic E-state index is -0.532. The molecule has 1 amide bonds. The number of carbonyl (C=O) groups excluding carboxylic acids is 1. The fourth-order valence-electron chi connectivity index (χ4n) is 3.11. The molecule has 0 aliphatic rings. The smallest absolute Gasteiger partial charge is 0.272 e. The summed E-state index contributed by atoms with van der Waals surface area (Å²) in [5.41, 5.74) is 1.13. The van der Waals surface area contributed by atoms with Crippen LogP contribution in [0.4, 0.5) is 0 Å². The molecule has 140 valence electrons. The number of aromatic amines is 1. The Bertz CT molecular complexity index is 1180. The van der Waals surface area contributed by atoms with Crippen LogP contribution in [0.25, 0.3) is 16.6 Å². The minimum absolute atomic E-state index is 0.190. The Morgan fingerprint density at radius 3 is 2.79 bits per heavy atom. The highest BCUT2D eigenvalue weighted by Gasteiger charge is 2.20. The van der Waals surface area contributed by atoms with Gasteiger partial charge in [-0.3, -0.25) is 14.2 Å². The Hall–Kier alpha value is -3.81. The van der Waals surface area contributed by atoms with Crippen LogP contribution in [-0.2, 0) is 11.3 Å². The topological polar surface area (TPSA) is 106 Å². The van der Waals surface area contributed by atoms with Crippen molar-refractivity contribution in [2.24, 2.45) is 0 Å². The lowest BCUT2D eigenvalue weighted by atomic mass is 10.0. The van der Waals surface area contributed by atoms with Gasteiger partial charge in [-0.05, 0) is 19.1 Å². The summed E-state index contributed by atoms with van der Waals surface area (Å²) in [6.45, 7) is 2.08. The number of imidazole rings is 1. The number of carbonyl (C=O) groups is 1. The van der Waals surface area contributed by atoms with Crippen LogP contribution in [0.5, 0.6) is 0 Å². The number of rotatable bonds is 5. The molecular formula is C20H18N6O2. The van der Waals surface area contributed by atoms with E-state index in [0.717, 1.165) is 5.56 Å². The Balaban J connectivity index is 1.56. The van der Waals surface area contributed by atoms with Crippen molar-refractivity contribution in [3.05, 3.63) is 82.9 Å². The fraction of sp³-hybridized carbons (Fsp3) is 0.150. The quantitative estimate of drug-likeness (QED) is 0.555. The molecule has 0 radical (unpaired) electrons. The maximum Gasteiger partial charge on any atom is 0.272 e. The number of pyridine rings is 1. The van der Waals surface area contributed by atoms with Gasteiger partial charge >= 0.3 is 0 Å². The number of hydrogen-bond donors (Lipinski definition) is 2. The molecule has 2 N–H and O–H groups in total. The molecule has 4 aromatic rings. The van der Waals surface area contributed by atoms with Crippen LogP contribution in [0.3, 0.4) is 0 Å². The van der Waals surface area contributed by atoms with Gasteiger partial charge in [0.05, 0.1) is 17.0 Å². The van der Waals surface area contributed by atoms with Gasteiger partial charge in [0.2, 0.25) is 5.91 Å². The summed E-state index contributed by atoms with van der Waals surface area (Å²) in [4.78, 5) is 33.1. The number of benzene rings is 1. The third-order valence-electron chi connectivity index (χ3n) is 4.60. The molecule has 8 nitrogen and oxygen atoms in total. The zero-order valence-corrected chi connectivity index (χ0v) is 15.2. The zero-order valence-electron chi connectivity index (χ0n) is 15.2. The summed E-state index contributed by atoms with van der Waals surface area (Å²) in [6.07, 6.45) is 6.82. The van der Waals surface area contributed by atoms with Gasteiger partial charge < -0.3 is 5.32 Å². The molecule has 0 aliphatic carbocycles. The highest BCUT2D eigenvalue weighted by molar-refractivity contribution is 5.90. The first-order valence-corrected chi connectivity index (χ1v) is 8.82. The molecule has 0 spiro atoms. The van der Waals surface area contributed by atoms with E-state index in [2.05, 4.69) is 25.5 Å². The standard InChI is InChI=1S/C20H18N6O2/c1-13(17-15-6-2-3-7-16(15)20(28)25-24-17)19(27)23-11-14-5-4-8-22-18(14)26-10-9-21-12-26/h2-10,12-13H,11H2,1H3,(H,23,27)(H,25,28). The molecule has 3 heterocycles. The number of H-pyrrole nitrogens is 1. The molecule has 1 atom stereocenters. The van der Waals surface area contributed by atoms with E-state index >= 15 is 0 Å². The van der Waals surface area contributed by atoms with Crippen molar-refractivity contribution in [1.29, 1.82) is 0 Å². The van der Waals surface area contributed by atoms with Gasteiger partial charge in [0, 0.05) is 36.1 Å². The molecule has 0 bridgehead atoms. The van der Waals surface area contributed by atoms with Crippen molar-refractivity contribution in [2.45, 2.75) is 19.4 Å². The molecule has 4 rings (SSSR count). The maximum atomic E-state index is 12.8. The maximum absolute atomic E-state index is 12.8. The lowest BCUT2D eigenvalue weighted by Gasteiger charge is -2.14. The van der Waals surface area contributed by atoms with Crippen molar-refractivity contribution in [3.8, 4) is 5.82 Å². The predicted molar refractivity (Wildman–Crippen MR) is 104 cm³/mol. The van der Waals surface area contributed by atoms with Gasteiger partial charge in [-0.1, -0.05) is 24.3 Å². The van der Waals surface area contributed by atoms with Crippen LogP contribution >= 0.6 is 0 Å². The monoisotopic (exact) mass is 374 g/mol. The largest absolute Gasteiger partial charge is 0.351 e. The zero-order chi connectivity index (χ0) is 19.5. The Labute approximate surface area is 160 Å². The van der Waals surface area contributed by atoms with Gasteiger partial charge in [-0.25, -0.2) is 15.1 Å². The van der Waals surface area contributed by atoms with E-state index in [4.69, 9.17) is 0 Å². The minimum Gasteiger partial charge on any atom is -0.351 e. The average molecular weight is 374 g/mol. The van der Waals surface area contributed by atoms with Gasteiger partial charge in [-0.15, -0.1) is 0 Å². The van der Waals surface area contributed by atoms with Crippen LogP contribution in [0.15, 0.2) is 66.1 Å². The number of hydrogen-bond acceptors (Lipinski definition) is 5. The number of nitrogens with zero attached hydrogens (tertiary/aromatic N) is 4. The summed E-state index contributed by atoms with van der Waals surface area (Å²) >= 11 is 0. The molecule has 28 heavy (non-hydrogen) atoms. The van der Waals surface area contributed by atoms with Crippen LogP contribution in [0.2, 0.25) is 0 Å². The number of nitrogens with one attached hydrogen (secondary N) is 2. The normalized spacial score (nSPS) is 12.0. The average Bonchev–Trinajstić information content (AvgIpc) is 3.27. The van der Waals surface area contributed by atoms with Gasteiger partial charge in [-0.2, -0.15) is 5.10 Å². The summed E-state index contributed by atoms with van der Waals surface area (Å²) in [7, 11) is 0. The predicted octanol–water partition coefficient (Wildman–Crippen LogP) is 1.92. The molecule has 1 aromatic carbocycles. The van der Waals surface area contributed by atoms with E-state index < -0.39 is 5.92 Å². The van der Waals surface area contributed by atoms with Gasteiger partial charge in [0.15, 0.2) is 0 Å². The lowest BCUT2D eigenvalue weighted by Crippen LogP contribution is -2.29. The molecular weight excluding hydrogens is 356 g/mol. The van der Waals surface area contributed by atoms with Crippen LogP contribution in [-0.4, -0.2) is 30.6 Å². The summed E-state index contributed by atoms with van der Waals surface area (Å²) in [6, 6.07) is 10.9. The van der Waals surface area contributed by atoms with E-state index in [1.54, 1.807) is 54.6 Å². The van der Waals surface area contributed by atoms with Crippen molar-refractivity contribution in [3.63, 3.8) is 0 Å². The number of aromatic nitrogens is 5. The summed E-state index contributed by atoms with van der Waals surface area (Å²) in [5, 5.41) is 10.7. The van der Waals surface area contributed by atoms with E-state index in [1.807, 2.05) is 18.2 Å². The van der Waals surface area contributed by atoms with E-state index in [0.29, 0.717) is 28.8 Å². The van der Waals surface area contributed by atoms with E-state index in [-0.39, 0.29) is 11.5 Å². The first kappa shape index (κ1) is 17.6. The molecule has 0 saturated carbocycles. The van der Waals surface area contributed by atoms with Crippen molar-refractivity contribution in [1.82, 2.24) is 30.0 Å². The highest BCUT2D eigenvalue weighted by Crippen LogP contribution is 2.21.